The molecule has 150 valence electrons. The number of halogens is 3. The average Bonchev–Trinajstić information content (AvgIpc) is 3.03. The first kappa shape index (κ1) is 20.1. The predicted molar refractivity (Wildman–Crippen MR) is 102 cm³/mol. The molecule has 0 unspecified atom stereocenters. The van der Waals surface area contributed by atoms with Crippen LogP contribution in [0.3, 0.4) is 0 Å². The lowest BCUT2D eigenvalue weighted by molar-refractivity contribution is -0.137. The summed E-state index contributed by atoms with van der Waals surface area (Å²) in [6.07, 6.45) is -2.26. The maximum atomic E-state index is 12.6. The number of alkyl halides is 3. The van der Waals surface area contributed by atoms with Gasteiger partial charge in [-0.05, 0) is 48.9 Å². The molecule has 3 aromatic rings. The van der Waals surface area contributed by atoms with Gasteiger partial charge < -0.3 is 9.72 Å². The molecule has 0 saturated carbocycles. The number of fused-ring (bicyclic) bond motifs is 1. The van der Waals surface area contributed by atoms with Gasteiger partial charge in [-0.25, -0.2) is 8.42 Å². The maximum absolute atomic E-state index is 12.6. The molecule has 5 nitrogen and oxygen atoms in total. The molecule has 0 spiro atoms. The van der Waals surface area contributed by atoms with Crippen LogP contribution in [0, 0.1) is 0 Å². The van der Waals surface area contributed by atoms with E-state index in [9.17, 15) is 21.6 Å². The summed E-state index contributed by atoms with van der Waals surface area (Å²) in [5, 5.41) is 0.740. The summed E-state index contributed by atoms with van der Waals surface area (Å²) in [7, 11) is -3.39. The summed E-state index contributed by atoms with van der Waals surface area (Å²) in [6.45, 7) is 1.83. The van der Waals surface area contributed by atoms with Crippen molar-refractivity contribution in [1.82, 2.24) is 4.98 Å². The van der Waals surface area contributed by atoms with Crippen molar-refractivity contribution in [3.63, 3.8) is 0 Å². The first-order valence-electron chi connectivity index (χ1n) is 8.58. The minimum Gasteiger partial charge on any atom is -0.493 e. The predicted octanol–water partition coefficient (Wildman–Crippen LogP) is 4.57. The lowest BCUT2D eigenvalue weighted by Crippen LogP contribution is -2.14. The number of H-pyrrole nitrogens is 1. The van der Waals surface area contributed by atoms with Crippen molar-refractivity contribution in [2.45, 2.75) is 19.5 Å². The highest BCUT2D eigenvalue weighted by atomic mass is 32.2. The van der Waals surface area contributed by atoms with Gasteiger partial charge in [0.05, 0.1) is 23.6 Å². The van der Waals surface area contributed by atoms with Crippen molar-refractivity contribution in [1.29, 1.82) is 0 Å². The van der Waals surface area contributed by atoms with Gasteiger partial charge in [-0.1, -0.05) is 6.07 Å². The molecule has 0 aliphatic rings. The number of benzene rings is 2. The quantitative estimate of drug-likeness (QED) is 0.597. The normalized spacial score (nSPS) is 12.3. The van der Waals surface area contributed by atoms with E-state index >= 15 is 0 Å². The zero-order valence-electron chi connectivity index (χ0n) is 15.0. The van der Waals surface area contributed by atoms with Gasteiger partial charge in [0.25, 0.3) is 0 Å². The number of ether oxygens (including phenoxy) is 1. The Bertz CT molecular complexity index is 1060. The Hall–Kier alpha value is -2.68. The Kier molecular flexibility index (Phi) is 5.55. The number of rotatable bonds is 7. The molecule has 0 amide bonds. The van der Waals surface area contributed by atoms with E-state index in [0.717, 1.165) is 28.6 Å². The van der Waals surface area contributed by atoms with E-state index < -0.39 is 21.8 Å². The van der Waals surface area contributed by atoms with Crippen LogP contribution >= 0.6 is 0 Å². The molecular formula is C19H19F3N2O3S. The van der Waals surface area contributed by atoms with Gasteiger partial charge >= 0.3 is 6.18 Å². The number of aromatic nitrogens is 1. The molecule has 0 radical (unpaired) electrons. The fourth-order valence-corrected chi connectivity index (χ4v) is 3.32. The number of nitrogens with one attached hydrogen (secondary N) is 2. The second-order valence-electron chi connectivity index (χ2n) is 6.21. The molecule has 28 heavy (non-hydrogen) atoms. The van der Waals surface area contributed by atoms with E-state index in [0.29, 0.717) is 17.9 Å². The number of hydrogen-bond acceptors (Lipinski definition) is 3. The summed E-state index contributed by atoms with van der Waals surface area (Å²) < 4.78 is 69.3. The smallest absolute Gasteiger partial charge is 0.416 e. The van der Waals surface area contributed by atoms with Crippen LogP contribution in [0.15, 0.2) is 48.7 Å². The molecule has 9 heteroatoms. The molecule has 1 heterocycles. The maximum Gasteiger partial charge on any atom is 0.416 e. The van der Waals surface area contributed by atoms with E-state index in [1.54, 1.807) is 13.1 Å². The molecule has 0 fully saturated rings. The van der Waals surface area contributed by atoms with Gasteiger partial charge in [0.1, 0.15) is 5.75 Å². The number of sulfonamides is 1. The molecular weight excluding hydrogens is 393 g/mol. The molecule has 2 aromatic carbocycles. The van der Waals surface area contributed by atoms with Crippen molar-refractivity contribution < 1.29 is 26.3 Å². The molecule has 0 atom stereocenters. The van der Waals surface area contributed by atoms with Crippen LogP contribution in [0.5, 0.6) is 5.75 Å². The van der Waals surface area contributed by atoms with Gasteiger partial charge in [-0.3, -0.25) is 4.72 Å². The van der Waals surface area contributed by atoms with E-state index in [1.807, 2.05) is 18.2 Å². The van der Waals surface area contributed by atoms with Crippen molar-refractivity contribution in [2.24, 2.45) is 0 Å². The molecule has 0 aliphatic carbocycles. The summed E-state index contributed by atoms with van der Waals surface area (Å²) in [5.74, 6) is 0.326. The Labute approximate surface area is 160 Å². The Morgan fingerprint density at radius 1 is 1.11 bits per heavy atom. The van der Waals surface area contributed by atoms with Gasteiger partial charge in [0.2, 0.25) is 10.0 Å². The molecule has 2 N–H and O–H groups in total. The second-order valence-corrected chi connectivity index (χ2v) is 8.22. The van der Waals surface area contributed by atoms with E-state index in [4.69, 9.17) is 4.74 Å². The number of anilines is 1. The van der Waals surface area contributed by atoms with Crippen molar-refractivity contribution in [3.8, 4) is 5.75 Å². The van der Waals surface area contributed by atoms with Crippen LogP contribution in [0.2, 0.25) is 0 Å². The topological polar surface area (TPSA) is 71.2 Å². The fraction of sp³-hybridized carbons (Fsp3) is 0.263. The largest absolute Gasteiger partial charge is 0.493 e. The van der Waals surface area contributed by atoms with Crippen LogP contribution in [0.25, 0.3) is 10.9 Å². The monoisotopic (exact) mass is 412 g/mol. The Balaban J connectivity index is 1.66. The second kappa shape index (κ2) is 7.75. The minimum atomic E-state index is -4.37. The summed E-state index contributed by atoms with van der Waals surface area (Å²) in [5.41, 5.74) is 1.46. The van der Waals surface area contributed by atoms with Crippen LogP contribution in [0.1, 0.15) is 18.1 Å². The third-order valence-electron chi connectivity index (χ3n) is 4.23. The molecule has 0 saturated heterocycles. The van der Waals surface area contributed by atoms with E-state index in [-0.39, 0.29) is 12.4 Å². The molecule has 1 aromatic heterocycles. The summed E-state index contributed by atoms with van der Waals surface area (Å²) in [6, 6.07) is 10.1. The summed E-state index contributed by atoms with van der Waals surface area (Å²) in [4.78, 5) is 3.01. The first-order chi connectivity index (χ1) is 13.2. The zero-order valence-corrected chi connectivity index (χ0v) is 15.8. The summed E-state index contributed by atoms with van der Waals surface area (Å²) >= 11 is 0. The molecule has 0 bridgehead atoms. The van der Waals surface area contributed by atoms with Crippen LogP contribution in [-0.4, -0.2) is 25.8 Å². The van der Waals surface area contributed by atoms with Crippen LogP contribution in [0.4, 0.5) is 18.9 Å². The number of aromatic amines is 1. The fourth-order valence-electron chi connectivity index (χ4n) is 2.67. The lowest BCUT2D eigenvalue weighted by atomic mass is 10.1. The van der Waals surface area contributed by atoms with Crippen molar-refractivity contribution in [2.75, 3.05) is 17.1 Å². The van der Waals surface area contributed by atoms with E-state index in [1.165, 1.54) is 12.1 Å². The zero-order chi connectivity index (χ0) is 20.4. The first-order valence-corrected chi connectivity index (χ1v) is 10.2. The Morgan fingerprint density at radius 3 is 2.46 bits per heavy atom. The lowest BCUT2D eigenvalue weighted by Gasteiger charge is -2.09. The third-order valence-corrected chi connectivity index (χ3v) is 5.52. The molecule has 0 aliphatic heterocycles. The van der Waals surface area contributed by atoms with Gasteiger partial charge in [-0.15, -0.1) is 0 Å². The highest BCUT2D eigenvalue weighted by Gasteiger charge is 2.30. The highest BCUT2D eigenvalue weighted by Crippen LogP contribution is 2.30. The number of hydrogen-bond donors (Lipinski definition) is 2. The molecule has 3 rings (SSSR count). The van der Waals surface area contributed by atoms with Gasteiger partial charge in [-0.2, -0.15) is 13.2 Å². The average molecular weight is 412 g/mol. The van der Waals surface area contributed by atoms with Crippen molar-refractivity contribution >= 4 is 26.6 Å². The SMILES string of the molecule is CCS(=O)(=O)Nc1c[nH]c2ccc(CCOc3ccc(C(F)(F)F)cc3)cc12. The van der Waals surface area contributed by atoms with Crippen molar-refractivity contribution in [3.05, 3.63) is 59.8 Å². The minimum absolute atomic E-state index is 0.0274. The van der Waals surface area contributed by atoms with Gasteiger partial charge in [0, 0.05) is 23.5 Å². The van der Waals surface area contributed by atoms with E-state index in [2.05, 4.69) is 9.71 Å². The standard InChI is InChI=1S/C19H19F3N2O3S/c1-2-28(25,26)24-18-12-23-17-8-3-13(11-16(17)18)9-10-27-15-6-4-14(5-7-15)19(20,21)22/h3-8,11-12,23-24H,2,9-10H2,1H3. The third kappa shape index (κ3) is 4.78. The highest BCUT2D eigenvalue weighted by molar-refractivity contribution is 7.92. The van der Waals surface area contributed by atoms with Crippen LogP contribution in [-0.2, 0) is 22.6 Å². The Morgan fingerprint density at radius 2 is 1.82 bits per heavy atom. The van der Waals surface area contributed by atoms with Crippen LogP contribution < -0.4 is 9.46 Å². The van der Waals surface area contributed by atoms with Gasteiger partial charge in [0.15, 0.2) is 0 Å².